The van der Waals surface area contributed by atoms with E-state index in [9.17, 15) is 13.2 Å². The van der Waals surface area contributed by atoms with Crippen LogP contribution in [0.4, 0.5) is 0 Å². The van der Waals surface area contributed by atoms with Gasteiger partial charge in [0, 0.05) is 30.9 Å². The fraction of sp³-hybridized carbons (Fsp3) is 0.333. The fourth-order valence-corrected chi connectivity index (χ4v) is 5.43. The lowest BCUT2D eigenvalue weighted by molar-refractivity contribution is 0.0951. The second-order valence-corrected chi connectivity index (χ2v) is 10.2. The number of benzene rings is 2. The van der Waals surface area contributed by atoms with Crippen molar-refractivity contribution in [2.75, 3.05) is 13.1 Å². The van der Waals surface area contributed by atoms with Crippen LogP contribution in [0.25, 0.3) is 0 Å². The zero-order valence-electron chi connectivity index (χ0n) is 18.4. The van der Waals surface area contributed by atoms with E-state index in [1.807, 2.05) is 48.9 Å². The minimum atomic E-state index is -3.42. The summed E-state index contributed by atoms with van der Waals surface area (Å²) in [6.07, 6.45) is 1.82. The molecular formula is C24H28N4O3S. The predicted molar refractivity (Wildman–Crippen MR) is 123 cm³/mol. The van der Waals surface area contributed by atoms with E-state index in [1.54, 1.807) is 24.3 Å². The maximum Gasteiger partial charge on any atom is 0.251 e. The van der Waals surface area contributed by atoms with Crippen molar-refractivity contribution in [2.45, 2.75) is 44.7 Å². The standard InChI is InChI=1S/C24H28N4O3S/c1-18-15-19(2)28(26-18)17-21-5-9-22(10-6-21)24(29)25-16-20-7-11-23(12-8-20)32(30,31)27-13-3-4-14-27/h5-12,15H,3-4,13-14,16-17H2,1-2H3,(H,25,29). The zero-order valence-corrected chi connectivity index (χ0v) is 19.2. The number of aryl methyl sites for hydroxylation is 2. The number of rotatable bonds is 7. The van der Waals surface area contributed by atoms with Gasteiger partial charge in [-0.2, -0.15) is 9.40 Å². The topological polar surface area (TPSA) is 84.3 Å². The third kappa shape index (κ3) is 4.92. The molecule has 1 amide bonds. The molecule has 1 N–H and O–H groups in total. The number of hydrogen-bond donors (Lipinski definition) is 1. The summed E-state index contributed by atoms with van der Waals surface area (Å²) >= 11 is 0. The van der Waals surface area contributed by atoms with Gasteiger partial charge in [0.2, 0.25) is 10.0 Å². The summed E-state index contributed by atoms with van der Waals surface area (Å²) < 4.78 is 28.7. The molecule has 0 spiro atoms. The van der Waals surface area contributed by atoms with Gasteiger partial charge in [0.05, 0.1) is 17.1 Å². The fourth-order valence-electron chi connectivity index (χ4n) is 3.91. The molecule has 0 unspecified atom stereocenters. The molecule has 0 atom stereocenters. The van der Waals surface area contributed by atoms with Crippen LogP contribution in [-0.4, -0.2) is 41.5 Å². The van der Waals surface area contributed by atoms with Gasteiger partial charge in [0.1, 0.15) is 0 Å². The highest BCUT2D eigenvalue weighted by atomic mass is 32.2. The van der Waals surface area contributed by atoms with Crippen molar-refractivity contribution in [1.82, 2.24) is 19.4 Å². The molecule has 2 heterocycles. The first-order valence-corrected chi connectivity index (χ1v) is 12.2. The van der Waals surface area contributed by atoms with E-state index >= 15 is 0 Å². The molecule has 32 heavy (non-hydrogen) atoms. The first kappa shape index (κ1) is 22.2. The second kappa shape index (κ2) is 9.26. The molecule has 2 aromatic carbocycles. The Balaban J connectivity index is 1.33. The van der Waals surface area contributed by atoms with Crippen molar-refractivity contribution in [1.29, 1.82) is 0 Å². The molecule has 0 bridgehead atoms. The molecule has 0 saturated carbocycles. The van der Waals surface area contributed by atoms with Crippen LogP contribution in [0, 0.1) is 13.8 Å². The zero-order chi connectivity index (χ0) is 22.7. The smallest absolute Gasteiger partial charge is 0.251 e. The van der Waals surface area contributed by atoms with E-state index in [0.29, 0.717) is 36.6 Å². The first-order valence-electron chi connectivity index (χ1n) is 10.8. The normalized spacial score (nSPS) is 14.6. The Bertz CT molecular complexity index is 1190. The van der Waals surface area contributed by atoms with Crippen LogP contribution < -0.4 is 5.32 Å². The number of carbonyl (C=O) groups is 1. The predicted octanol–water partition coefficient (Wildman–Crippen LogP) is 3.26. The largest absolute Gasteiger partial charge is 0.348 e. The van der Waals surface area contributed by atoms with E-state index in [0.717, 1.165) is 35.4 Å². The molecule has 1 aliphatic rings. The molecule has 1 fully saturated rings. The Morgan fingerprint density at radius 1 is 0.969 bits per heavy atom. The van der Waals surface area contributed by atoms with Gasteiger partial charge in [0.15, 0.2) is 0 Å². The number of nitrogens with one attached hydrogen (secondary N) is 1. The number of carbonyl (C=O) groups excluding carboxylic acids is 1. The molecule has 7 nitrogen and oxygen atoms in total. The molecule has 4 rings (SSSR count). The van der Waals surface area contributed by atoms with Crippen LogP contribution in [0.3, 0.4) is 0 Å². The van der Waals surface area contributed by atoms with Crippen LogP contribution in [-0.2, 0) is 23.1 Å². The highest BCUT2D eigenvalue weighted by Gasteiger charge is 2.26. The third-order valence-electron chi connectivity index (χ3n) is 5.73. The SMILES string of the molecule is Cc1cc(C)n(Cc2ccc(C(=O)NCc3ccc(S(=O)(=O)N4CCCC4)cc3)cc2)n1. The second-order valence-electron chi connectivity index (χ2n) is 8.22. The number of sulfonamides is 1. The Kier molecular flexibility index (Phi) is 6.43. The molecule has 1 saturated heterocycles. The van der Waals surface area contributed by atoms with Gasteiger partial charge in [-0.05, 0) is 68.1 Å². The molecule has 8 heteroatoms. The van der Waals surface area contributed by atoms with Crippen molar-refractivity contribution in [3.05, 3.63) is 82.7 Å². The van der Waals surface area contributed by atoms with E-state index in [1.165, 1.54) is 4.31 Å². The lowest BCUT2D eigenvalue weighted by Crippen LogP contribution is -2.28. The molecule has 0 aliphatic carbocycles. The molecular weight excluding hydrogens is 424 g/mol. The van der Waals surface area contributed by atoms with E-state index in [4.69, 9.17) is 0 Å². The van der Waals surface area contributed by atoms with Crippen LogP contribution in [0.15, 0.2) is 59.5 Å². The van der Waals surface area contributed by atoms with Gasteiger partial charge >= 0.3 is 0 Å². The number of aromatic nitrogens is 2. The van der Waals surface area contributed by atoms with Gasteiger partial charge < -0.3 is 5.32 Å². The van der Waals surface area contributed by atoms with Gasteiger partial charge in [-0.1, -0.05) is 24.3 Å². The molecule has 0 radical (unpaired) electrons. The average molecular weight is 453 g/mol. The first-order chi connectivity index (χ1) is 15.3. The highest BCUT2D eigenvalue weighted by Crippen LogP contribution is 2.21. The summed E-state index contributed by atoms with van der Waals surface area (Å²) in [6.45, 7) is 6.15. The Hall–Kier alpha value is -2.97. The summed E-state index contributed by atoms with van der Waals surface area (Å²) in [5.74, 6) is -0.170. The molecule has 168 valence electrons. The van der Waals surface area contributed by atoms with Gasteiger partial charge in [0.25, 0.3) is 5.91 Å². The molecule has 3 aromatic rings. The molecule has 1 aromatic heterocycles. The highest BCUT2D eigenvalue weighted by molar-refractivity contribution is 7.89. The lowest BCUT2D eigenvalue weighted by atomic mass is 10.1. The number of amides is 1. The maximum atomic E-state index is 12.6. The van der Waals surface area contributed by atoms with Gasteiger partial charge in [-0.25, -0.2) is 8.42 Å². The Morgan fingerprint density at radius 3 is 2.19 bits per heavy atom. The van der Waals surface area contributed by atoms with Crippen LogP contribution in [0.5, 0.6) is 0 Å². The summed E-state index contributed by atoms with van der Waals surface area (Å²) in [4.78, 5) is 12.8. The van der Waals surface area contributed by atoms with Crippen molar-refractivity contribution in [2.24, 2.45) is 0 Å². The molecule has 1 aliphatic heterocycles. The maximum absolute atomic E-state index is 12.6. The minimum Gasteiger partial charge on any atom is -0.348 e. The number of hydrogen-bond acceptors (Lipinski definition) is 4. The van der Waals surface area contributed by atoms with Crippen LogP contribution >= 0.6 is 0 Å². The van der Waals surface area contributed by atoms with Crippen molar-refractivity contribution < 1.29 is 13.2 Å². The average Bonchev–Trinajstić information content (AvgIpc) is 3.43. The van der Waals surface area contributed by atoms with Gasteiger partial charge in [-0.15, -0.1) is 0 Å². The summed E-state index contributed by atoms with van der Waals surface area (Å²) in [6, 6.07) is 16.3. The van der Waals surface area contributed by atoms with Crippen molar-refractivity contribution in [3.63, 3.8) is 0 Å². The minimum absolute atomic E-state index is 0.170. The van der Waals surface area contributed by atoms with E-state index in [2.05, 4.69) is 10.4 Å². The summed E-state index contributed by atoms with van der Waals surface area (Å²) in [7, 11) is -3.42. The van der Waals surface area contributed by atoms with Crippen LogP contribution in [0.2, 0.25) is 0 Å². The third-order valence-corrected chi connectivity index (χ3v) is 7.64. The quantitative estimate of drug-likeness (QED) is 0.596. The summed E-state index contributed by atoms with van der Waals surface area (Å²) in [5.41, 5.74) is 4.58. The van der Waals surface area contributed by atoms with E-state index in [-0.39, 0.29) is 5.91 Å². The summed E-state index contributed by atoms with van der Waals surface area (Å²) in [5, 5.41) is 7.36. The lowest BCUT2D eigenvalue weighted by Gasteiger charge is -2.15. The van der Waals surface area contributed by atoms with Gasteiger partial charge in [-0.3, -0.25) is 9.48 Å². The van der Waals surface area contributed by atoms with Crippen molar-refractivity contribution in [3.8, 4) is 0 Å². The van der Waals surface area contributed by atoms with Crippen LogP contribution in [0.1, 0.15) is 45.7 Å². The Morgan fingerprint density at radius 2 is 1.59 bits per heavy atom. The Labute approximate surface area is 189 Å². The van der Waals surface area contributed by atoms with Crippen molar-refractivity contribution >= 4 is 15.9 Å². The van der Waals surface area contributed by atoms with E-state index < -0.39 is 10.0 Å². The monoisotopic (exact) mass is 452 g/mol. The number of nitrogens with zero attached hydrogens (tertiary/aromatic N) is 3.